The first-order chi connectivity index (χ1) is 7.09. The Morgan fingerprint density at radius 1 is 1.47 bits per heavy atom. The van der Waals surface area contributed by atoms with Gasteiger partial charge in [0.2, 0.25) is 5.91 Å². The first-order valence-electron chi connectivity index (χ1n) is 4.90. The summed E-state index contributed by atoms with van der Waals surface area (Å²) in [5.74, 6) is 0.152. The highest BCUT2D eigenvalue weighted by Gasteiger charge is 2.19. The van der Waals surface area contributed by atoms with Crippen LogP contribution in [0.25, 0.3) is 0 Å². The molecule has 0 atom stereocenters. The van der Waals surface area contributed by atoms with E-state index < -0.39 is 0 Å². The molecule has 1 heterocycles. The molecule has 1 aromatic rings. The van der Waals surface area contributed by atoms with E-state index in [2.05, 4.69) is 27.3 Å². The van der Waals surface area contributed by atoms with Gasteiger partial charge in [-0.3, -0.25) is 4.79 Å². The Kier molecular flexibility index (Phi) is 2.69. The number of halogens is 1. The van der Waals surface area contributed by atoms with Gasteiger partial charge in [-0.25, -0.2) is 0 Å². The van der Waals surface area contributed by atoms with Crippen molar-refractivity contribution in [3.05, 3.63) is 22.2 Å². The molecule has 0 radical (unpaired) electrons. The Labute approximate surface area is 97.6 Å². The zero-order valence-electron chi connectivity index (χ0n) is 8.80. The Balaban J connectivity index is 2.58. The summed E-state index contributed by atoms with van der Waals surface area (Å²) in [6.07, 6.45) is 0.544. The minimum Gasteiger partial charge on any atom is -0.383 e. The third-order valence-corrected chi connectivity index (χ3v) is 3.11. The molecule has 4 heteroatoms. The van der Waals surface area contributed by atoms with E-state index in [9.17, 15) is 4.79 Å². The van der Waals surface area contributed by atoms with Gasteiger partial charge in [-0.05, 0) is 24.6 Å². The molecule has 1 aliphatic rings. The number of aryl methyl sites for hydroxylation is 1. The summed E-state index contributed by atoms with van der Waals surface area (Å²) in [5, 5.41) is 3.30. The van der Waals surface area contributed by atoms with Crippen LogP contribution in [0.5, 0.6) is 0 Å². The largest absolute Gasteiger partial charge is 0.383 e. The Morgan fingerprint density at radius 3 is 2.93 bits per heavy atom. The molecule has 0 saturated heterocycles. The number of fused-ring (bicyclic) bond motifs is 1. The lowest BCUT2D eigenvalue weighted by molar-refractivity contribution is -0.118. The molecule has 1 N–H and O–H groups in total. The number of rotatable bonds is 0. The van der Waals surface area contributed by atoms with E-state index in [1.165, 1.54) is 0 Å². The number of carbonyl (C=O) groups excluding carboxylic acids is 1. The van der Waals surface area contributed by atoms with Gasteiger partial charge in [-0.15, -0.1) is 0 Å². The zero-order chi connectivity index (χ0) is 11.0. The predicted molar refractivity (Wildman–Crippen MR) is 65.4 cm³/mol. The number of nitrogens with one attached hydrogen (secondary N) is 1. The molecule has 0 aliphatic carbocycles. The lowest BCUT2D eigenvalue weighted by atomic mass is 10.1. The van der Waals surface area contributed by atoms with E-state index in [1.54, 1.807) is 4.90 Å². The maximum absolute atomic E-state index is 11.7. The Bertz CT molecular complexity index is 417. The molecule has 80 valence electrons. The summed E-state index contributed by atoms with van der Waals surface area (Å²) in [6.45, 7) is 2.75. The number of amides is 1. The second-order valence-electron chi connectivity index (χ2n) is 3.75. The normalized spacial score (nSPS) is 15.7. The van der Waals surface area contributed by atoms with Crippen LogP contribution < -0.4 is 10.2 Å². The van der Waals surface area contributed by atoms with Gasteiger partial charge in [0.15, 0.2) is 0 Å². The zero-order valence-corrected chi connectivity index (χ0v) is 10.4. The molecule has 15 heavy (non-hydrogen) atoms. The molecule has 1 amide bonds. The van der Waals surface area contributed by atoms with Gasteiger partial charge < -0.3 is 10.2 Å². The standard InChI is InChI=1S/C11H13BrN2O/c1-7-5-8(12)6-9-11(7)13-4-3-10(15)14(9)2/h5-6,13H,3-4H2,1-2H3. The fraction of sp³-hybridized carbons (Fsp3) is 0.364. The molecule has 1 aromatic carbocycles. The van der Waals surface area contributed by atoms with E-state index in [1.807, 2.05) is 20.0 Å². The van der Waals surface area contributed by atoms with Gasteiger partial charge in [0.1, 0.15) is 0 Å². The third-order valence-electron chi connectivity index (χ3n) is 2.66. The predicted octanol–water partition coefficient (Wildman–Crippen LogP) is 2.54. The van der Waals surface area contributed by atoms with Crippen molar-refractivity contribution < 1.29 is 4.79 Å². The first kappa shape index (κ1) is 10.5. The molecular formula is C11H13BrN2O. The molecule has 1 aliphatic heterocycles. The minimum absolute atomic E-state index is 0.152. The van der Waals surface area contributed by atoms with Gasteiger partial charge in [-0.1, -0.05) is 15.9 Å². The first-order valence-corrected chi connectivity index (χ1v) is 5.69. The van der Waals surface area contributed by atoms with E-state index in [-0.39, 0.29) is 5.91 Å². The molecule has 3 nitrogen and oxygen atoms in total. The maximum Gasteiger partial charge on any atom is 0.228 e. The number of hydrogen-bond acceptors (Lipinski definition) is 2. The molecule has 0 spiro atoms. The summed E-state index contributed by atoms with van der Waals surface area (Å²) in [7, 11) is 1.82. The van der Waals surface area contributed by atoms with Crippen LogP contribution in [-0.4, -0.2) is 19.5 Å². The van der Waals surface area contributed by atoms with Crippen LogP contribution >= 0.6 is 15.9 Å². The lowest BCUT2D eigenvalue weighted by Gasteiger charge is -2.18. The van der Waals surface area contributed by atoms with Crippen LogP contribution in [0.3, 0.4) is 0 Å². The third kappa shape index (κ3) is 1.86. The lowest BCUT2D eigenvalue weighted by Crippen LogP contribution is -2.25. The van der Waals surface area contributed by atoms with Crippen molar-refractivity contribution in [2.75, 3.05) is 23.8 Å². The van der Waals surface area contributed by atoms with Crippen molar-refractivity contribution in [1.82, 2.24) is 0 Å². The van der Waals surface area contributed by atoms with E-state index in [0.717, 1.165) is 21.4 Å². The van der Waals surface area contributed by atoms with Gasteiger partial charge in [0, 0.05) is 24.5 Å². The van der Waals surface area contributed by atoms with Crippen LogP contribution in [0, 0.1) is 6.92 Å². The summed E-state index contributed by atoms with van der Waals surface area (Å²) < 4.78 is 1.00. The van der Waals surface area contributed by atoms with Crippen LogP contribution in [0.2, 0.25) is 0 Å². The second-order valence-corrected chi connectivity index (χ2v) is 4.66. The molecule has 2 rings (SSSR count). The fourth-order valence-corrected chi connectivity index (χ4v) is 2.38. The number of hydrogen-bond donors (Lipinski definition) is 1. The van der Waals surface area contributed by atoms with E-state index >= 15 is 0 Å². The van der Waals surface area contributed by atoms with Crippen molar-refractivity contribution in [1.29, 1.82) is 0 Å². The summed E-state index contributed by atoms with van der Waals surface area (Å²) in [5.41, 5.74) is 3.16. The van der Waals surface area contributed by atoms with Crippen molar-refractivity contribution in [3.63, 3.8) is 0 Å². The van der Waals surface area contributed by atoms with Gasteiger partial charge in [-0.2, -0.15) is 0 Å². The van der Waals surface area contributed by atoms with Crippen molar-refractivity contribution in [2.45, 2.75) is 13.3 Å². The molecule has 0 saturated carbocycles. The average molecular weight is 269 g/mol. The highest BCUT2D eigenvalue weighted by Crippen LogP contribution is 2.34. The number of benzene rings is 1. The SMILES string of the molecule is Cc1cc(Br)cc2c1NCCC(=O)N2C. The molecule has 0 fully saturated rings. The van der Waals surface area contributed by atoms with Crippen LogP contribution in [-0.2, 0) is 4.79 Å². The van der Waals surface area contributed by atoms with Gasteiger partial charge >= 0.3 is 0 Å². The van der Waals surface area contributed by atoms with Crippen LogP contribution in [0.4, 0.5) is 11.4 Å². The quantitative estimate of drug-likeness (QED) is 0.785. The monoisotopic (exact) mass is 268 g/mol. The topological polar surface area (TPSA) is 32.3 Å². The summed E-state index contributed by atoms with van der Waals surface area (Å²) in [6, 6.07) is 4.02. The van der Waals surface area contributed by atoms with Gasteiger partial charge in [0.25, 0.3) is 0 Å². The van der Waals surface area contributed by atoms with Crippen LogP contribution in [0.15, 0.2) is 16.6 Å². The second kappa shape index (κ2) is 3.85. The highest BCUT2D eigenvalue weighted by atomic mass is 79.9. The van der Waals surface area contributed by atoms with E-state index in [4.69, 9.17) is 0 Å². The highest BCUT2D eigenvalue weighted by molar-refractivity contribution is 9.10. The number of carbonyl (C=O) groups is 1. The van der Waals surface area contributed by atoms with Crippen molar-refractivity contribution in [3.8, 4) is 0 Å². The summed E-state index contributed by atoms with van der Waals surface area (Å²) in [4.78, 5) is 13.4. The smallest absolute Gasteiger partial charge is 0.228 e. The number of anilines is 2. The summed E-state index contributed by atoms with van der Waals surface area (Å²) >= 11 is 3.45. The Hall–Kier alpha value is -1.03. The number of nitrogens with zero attached hydrogens (tertiary/aromatic N) is 1. The maximum atomic E-state index is 11.7. The molecule has 0 bridgehead atoms. The van der Waals surface area contributed by atoms with Crippen LogP contribution in [0.1, 0.15) is 12.0 Å². The van der Waals surface area contributed by atoms with Crippen molar-refractivity contribution >= 4 is 33.2 Å². The fourth-order valence-electron chi connectivity index (χ4n) is 1.82. The minimum atomic E-state index is 0.152. The Morgan fingerprint density at radius 2 is 2.20 bits per heavy atom. The molecule has 0 unspecified atom stereocenters. The molecule has 0 aromatic heterocycles. The van der Waals surface area contributed by atoms with E-state index in [0.29, 0.717) is 13.0 Å². The molecular weight excluding hydrogens is 256 g/mol. The average Bonchev–Trinajstić information content (AvgIpc) is 2.30. The van der Waals surface area contributed by atoms with Gasteiger partial charge in [0.05, 0.1) is 11.4 Å². The van der Waals surface area contributed by atoms with Crippen molar-refractivity contribution in [2.24, 2.45) is 0 Å².